The van der Waals surface area contributed by atoms with Crippen molar-refractivity contribution in [2.24, 2.45) is 7.05 Å². The van der Waals surface area contributed by atoms with Crippen molar-refractivity contribution in [2.45, 2.75) is 24.9 Å². The molecule has 8 nitrogen and oxygen atoms in total. The van der Waals surface area contributed by atoms with Crippen LogP contribution in [0.15, 0.2) is 17.4 Å². The summed E-state index contributed by atoms with van der Waals surface area (Å²) in [5.74, 6) is 0. The van der Waals surface area contributed by atoms with E-state index >= 15 is 0 Å². The van der Waals surface area contributed by atoms with E-state index in [9.17, 15) is 9.90 Å². The van der Waals surface area contributed by atoms with E-state index < -0.39 is 24.0 Å². The molecule has 2 N–H and O–H groups in total. The van der Waals surface area contributed by atoms with Crippen LogP contribution in [0, 0.1) is 0 Å². The van der Waals surface area contributed by atoms with E-state index in [0.717, 1.165) is 0 Å². The van der Waals surface area contributed by atoms with Crippen molar-refractivity contribution in [2.75, 3.05) is 6.61 Å². The Kier molecular flexibility index (Phi) is 2.85. The highest BCUT2D eigenvalue weighted by atomic mass is 16.5. The zero-order chi connectivity index (χ0) is 13.6. The quantitative estimate of drug-likeness (QED) is 0.705. The Hall–Kier alpha value is -1.77. The van der Waals surface area contributed by atoms with Crippen molar-refractivity contribution in [3.05, 3.63) is 23.0 Å². The van der Waals surface area contributed by atoms with Gasteiger partial charge in [0, 0.05) is 13.5 Å². The Morgan fingerprint density at radius 1 is 1.47 bits per heavy atom. The smallest absolute Gasteiger partial charge is 0.300 e. The number of ether oxygens (including phenoxy) is 1. The molecule has 0 aliphatic carbocycles. The molecule has 0 spiro atoms. The molecule has 0 amide bonds. The van der Waals surface area contributed by atoms with E-state index in [1.807, 2.05) is 0 Å². The maximum atomic E-state index is 11.6. The molecule has 102 valence electrons. The molecule has 1 aliphatic rings. The van der Waals surface area contributed by atoms with Gasteiger partial charge in [-0.2, -0.15) is 4.98 Å². The SMILES string of the molecule is Cn1cnc(=O)c2ncn([C@H]3C[C@H](O)[C@@H](CO)O3)c21. The van der Waals surface area contributed by atoms with Crippen molar-refractivity contribution in [3.63, 3.8) is 0 Å². The van der Waals surface area contributed by atoms with E-state index in [2.05, 4.69) is 9.97 Å². The van der Waals surface area contributed by atoms with Crippen LogP contribution in [-0.4, -0.2) is 48.1 Å². The van der Waals surface area contributed by atoms with Crippen LogP contribution in [0.5, 0.6) is 0 Å². The predicted molar refractivity (Wildman–Crippen MR) is 64.4 cm³/mol. The summed E-state index contributed by atoms with van der Waals surface area (Å²) in [5, 5.41) is 18.8. The van der Waals surface area contributed by atoms with Crippen LogP contribution in [0.1, 0.15) is 12.6 Å². The number of aliphatic hydroxyl groups is 2. The van der Waals surface area contributed by atoms with Gasteiger partial charge in [0.15, 0.2) is 5.52 Å². The molecule has 3 heterocycles. The molecule has 0 radical (unpaired) electrons. The molecule has 2 aromatic rings. The minimum atomic E-state index is -0.730. The fraction of sp³-hybridized carbons (Fsp3) is 0.545. The monoisotopic (exact) mass is 266 g/mol. The number of fused-ring (bicyclic) bond motifs is 1. The molecule has 1 fully saturated rings. The molecule has 1 saturated heterocycles. The highest BCUT2D eigenvalue weighted by molar-refractivity contribution is 5.69. The van der Waals surface area contributed by atoms with Crippen LogP contribution in [0.25, 0.3) is 11.2 Å². The first kappa shape index (κ1) is 12.3. The Bertz CT molecular complexity index is 664. The Labute approximate surface area is 107 Å². The summed E-state index contributed by atoms with van der Waals surface area (Å²) in [6, 6.07) is 0. The summed E-state index contributed by atoms with van der Waals surface area (Å²) in [7, 11) is 1.75. The molecule has 3 atom stereocenters. The molecule has 0 unspecified atom stereocenters. The fourth-order valence-corrected chi connectivity index (χ4v) is 2.37. The minimum absolute atomic E-state index is 0.245. The average Bonchev–Trinajstić information content (AvgIpc) is 2.97. The Morgan fingerprint density at radius 3 is 2.95 bits per heavy atom. The van der Waals surface area contributed by atoms with Crippen LogP contribution in [-0.2, 0) is 11.8 Å². The number of aliphatic hydroxyl groups excluding tert-OH is 2. The lowest BCUT2D eigenvalue weighted by atomic mass is 10.2. The molecule has 0 bridgehead atoms. The fourth-order valence-electron chi connectivity index (χ4n) is 2.37. The van der Waals surface area contributed by atoms with Crippen molar-refractivity contribution >= 4 is 11.2 Å². The maximum absolute atomic E-state index is 11.6. The maximum Gasteiger partial charge on any atom is 0.300 e. The summed E-state index contributed by atoms with van der Waals surface area (Å²) >= 11 is 0. The van der Waals surface area contributed by atoms with E-state index in [1.165, 1.54) is 12.7 Å². The number of hydrogen-bond acceptors (Lipinski definition) is 6. The van der Waals surface area contributed by atoms with Gasteiger partial charge >= 0.3 is 5.56 Å². The molecule has 0 aromatic carbocycles. The van der Waals surface area contributed by atoms with Gasteiger partial charge < -0.3 is 19.5 Å². The highest BCUT2D eigenvalue weighted by Crippen LogP contribution is 2.30. The van der Waals surface area contributed by atoms with Gasteiger partial charge in [-0.05, 0) is 0 Å². The largest absolute Gasteiger partial charge is 0.394 e. The molecule has 1 aliphatic heterocycles. The number of hydrogen-bond donors (Lipinski definition) is 2. The first-order valence-corrected chi connectivity index (χ1v) is 5.94. The second kappa shape index (κ2) is 4.41. The van der Waals surface area contributed by atoms with E-state index in [-0.39, 0.29) is 12.1 Å². The number of aromatic nitrogens is 4. The summed E-state index contributed by atoms with van der Waals surface area (Å²) in [5.41, 5.74) is 0.440. The van der Waals surface area contributed by atoms with Gasteiger partial charge in [0.25, 0.3) is 0 Å². The minimum Gasteiger partial charge on any atom is -0.394 e. The third-order valence-electron chi connectivity index (χ3n) is 3.35. The van der Waals surface area contributed by atoms with Crippen LogP contribution < -0.4 is 5.56 Å². The van der Waals surface area contributed by atoms with Crippen molar-refractivity contribution < 1.29 is 14.9 Å². The van der Waals surface area contributed by atoms with Gasteiger partial charge in [-0.25, -0.2) is 4.98 Å². The van der Waals surface area contributed by atoms with Gasteiger partial charge in [0.1, 0.15) is 24.3 Å². The van der Waals surface area contributed by atoms with E-state index in [4.69, 9.17) is 9.84 Å². The zero-order valence-electron chi connectivity index (χ0n) is 10.3. The van der Waals surface area contributed by atoms with Crippen molar-refractivity contribution in [1.82, 2.24) is 19.1 Å². The Morgan fingerprint density at radius 2 is 2.26 bits per heavy atom. The lowest BCUT2D eigenvalue weighted by Gasteiger charge is -2.15. The topological polar surface area (TPSA) is 102 Å². The van der Waals surface area contributed by atoms with Gasteiger partial charge in [-0.15, -0.1) is 0 Å². The standard InChI is InChI=1S/C11H14N4O4/c1-14-4-13-10(18)9-11(14)15(5-12-9)8-2-6(17)7(3-16)19-8/h4-8,16-17H,2-3H2,1H3/t6-,7+,8+/m0/s1. The van der Waals surface area contributed by atoms with E-state index in [1.54, 1.807) is 16.2 Å². The third-order valence-corrected chi connectivity index (χ3v) is 3.35. The van der Waals surface area contributed by atoms with E-state index in [0.29, 0.717) is 12.1 Å². The molecule has 19 heavy (non-hydrogen) atoms. The predicted octanol–water partition coefficient (Wildman–Crippen LogP) is -1.23. The summed E-state index contributed by atoms with van der Waals surface area (Å²) in [6.45, 7) is -0.245. The number of rotatable bonds is 2. The lowest BCUT2D eigenvalue weighted by Crippen LogP contribution is -2.24. The second-order valence-corrected chi connectivity index (χ2v) is 4.60. The second-order valence-electron chi connectivity index (χ2n) is 4.60. The molecule has 2 aromatic heterocycles. The number of nitrogens with zero attached hydrogens (tertiary/aromatic N) is 4. The lowest BCUT2D eigenvalue weighted by molar-refractivity contribution is -0.0433. The van der Waals surface area contributed by atoms with Crippen LogP contribution in [0.3, 0.4) is 0 Å². The highest BCUT2D eigenvalue weighted by Gasteiger charge is 2.35. The average molecular weight is 266 g/mol. The first-order chi connectivity index (χ1) is 9.11. The molecule has 0 saturated carbocycles. The van der Waals surface area contributed by atoms with Crippen molar-refractivity contribution in [1.29, 1.82) is 0 Å². The van der Waals surface area contributed by atoms with Gasteiger partial charge in [-0.3, -0.25) is 9.36 Å². The summed E-state index contributed by atoms with van der Waals surface area (Å²) < 4.78 is 8.91. The molecule has 3 rings (SSSR count). The molecular formula is C11H14N4O4. The Balaban J connectivity index is 2.07. The van der Waals surface area contributed by atoms with Gasteiger partial charge in [-0.1, -0.05) is 0 Å². The number of imidazole rings is 1. The molecule has 8 heteroatoms. The third kappa shape index (κ3) is 1.84. The van der Waals surface area contributed by atoms with Gasteiger partial charge in [0.05, 0.1) is 19.0 Å². The zero-order valence-corrected chi connectivity index (χ0v) is 10.3. The van der Waals surface area contributed by atoms with Crippen LogP contribution in [0.2, 0.25) is 0 Å². The van der Waals surface area contributed by atoms with Crippen LogP contribution >= 0.6 is 0 Å². The number of aryl methyl sites for hydroxylation is 1. The van der Waals surface area contributed by atoms with Crippen LogP contribution in [0.4, 0.5) is 0 Å². The van der Waals surface area contributed by atoms with Crippen molar-refractivity contribution in [3.8, 4) is 0 Å². The molecular weight excluding hydrogens is 252 g/mol. The normalized spacial score (nSPS) is 27.2. The first-order valence-electron chi connectivity index (χ1n) is 5.94. The van der Waals surface area contributed by atoms with Gasteiger partial charge in [0.2, 0.25) is 0 Å². The summed E-state index contributed by atoms with van der Waals surface area (Å²) in [6.07, 6.45) is 1.45. The summed E-state index contributed by atoms with van der Waals surface area (Å²) in [4.78, 5) is 19.4.